The van der Waals surface area contributed by atoms with Gasteiger partial charge in [0.15, 0.2) is 0 Å². The number of primary amides is 1. The largest absolute Gasteiger partial charge is 0.368 e. The van der Waals surface area contributed by atoms with E-state index in [0.717, 1.165) is 19.4 Å². The summed E-state index contributed by atoms with van der Waals surface area (Å²) in [7, 11) is 0. The highest BCUT2D eigenvalue weighted by atomic mass is 32.2. The van der Waals surface area contributed by atoms with E-state index in [1.54, 1.807) is 11.8 Å². The van der Waals surface area contributed by atoms with Crippen LogP contribution < -0.4 is 16.8 Å². The SMILES string of the molecule is CC(C)[C@H](N)C(=O)N1CCCC2(C1)N[C@H](C(N)=O)CS2. The van der Waals surface area contributed by atoms with Gasteiger partial charge < -0.3 is 16.4 Å². The van der Waals surface area contributed by atoms with E-state index in [0.29, 0.717) is 12.3 Å². The third-order valence-electron chi connectivity index (χ3n) is 4.08. The molecule has 0 aliphatic carbocycles. The molecule has 2 heterocycles. The lowest BCUT2D eigenvalue weighted by Gasteiger charge is -2.41. The second kappa shape index (κ2) is 5.91. The zero-order valence-corrected chi connectivity index (χ0v) is 12.9. The minimum atomic E-state index is -0.455. The first kappa shape index (κ1) is 15.6. The van der Waals surface area contributed by atoms with Crippen LogP contribution in [-0.2, 0) is 9.59 Å². The molecule has 0 radical (unpaired) electrons. The van der Waals surface area contributed by atoms with Crippen LogP contribution in [0.25, 0.3) is 0 Å². The Kier molecular flexibility index (Phi) is 4.61. The van der Waals surface area contributed by atoms with Crippen molar-refractivity contribution in [1.82, 2.24) is 10.2 Å². The Balaban J connectivity index is 2.02. The van der Waals surface area contributed by atoms with Crippen molar-refractivity contribution < 1.29 is 9.59 Å². The molecule has 6 nitrogen and oxygen atoms in total. The normalized spacial score (nSPS) is 31.8. The summed E-state index contributed by atoms with van der Waals surface area (Å²) in [6, 6.07) is -0.752. The summed E-state index contributed by atoms with van der Waals surface area (Å²) in [5, 5.41) is 3.31. The Morgan fingerprint density at radius 3 is 2.70 bits per heavy atom. The lowest BCUT2D eigenvalue weighted by molar-refractivity contribution is -0.135. The summed E-state index contributed by atoms with van der Waals surface area (Å²) in [4.78, 5) is 25.3. The van der Waals surface area contributed by atoms with Gasteiger partial charge in [-0.2, -0.15) is 0 Å². The molecule has 3 atom stereocenters. The molecule has 1 unspecified atom stereocenters. The lowest BCUT2D eigenvalue weighted by Crippen LogP contribution is -2.59. The average Bonchev–Trinajstić information content (AvgIpc) is 2.81. The van der Waals surface area contributed by atoms with Crippen molar-refractivity contribution >= 4 is 23.6 Å². The molecule has 1 spiro atoms. The maximum absolute atomic E-state index is 12.4. The molecule has 114 valence electrons. The van der Waals surface area contributed by atoms with Crippen molar-refractivity contribution in [2.75, 3.05) is 18.8 Å². The first-order chi connectivity index (χ1) is 9.34. The summed E-state index contributed by atoms with van der Waals surface area (Å²) in [6.45, 7) is 5.24. The number of thioether (sulfide) groups is 1. The van der Waals surface area contributed by atoms with Gasteiger partial charge in [0.2, 0.25) is 11.8 Å². The van der Waals surface area contributed by atoms with Crippen molar-refractivity contribution in [3.63, 3.8) is 0 Å². The van der Waals surface area contributed by atoms with Crippen LogP contribution in [0.2, 0.25) is 0 Å². The van der Waals surface area contributed by atoms with E-state index >= 15 is 0 Å². The highest BCUT2D eigenvalue weighted by molar-refractivity contribution is 8.01. The fourth-order valence-electron chi connectivity index (χ4n) is 2.74. The minimum Gasteiger partial charge on any atom is -0.368 e. The Labute approximate surface area is 124 Å². The number of nitrogens with two attached hydrogens (primary N) is 2. The predicted octanol–water partition coefficient (Wildman–Crippen LogP) is -0.521. The molecule has 0 aromatic heterocycles. The maximum atomic E-state index is 12.4. The van der Waals surface area contributed by atoms with E-state index in [2.05, 4.69) is 5.32 Å². The third-order valence-corrected chi connectivity index (χ3v) is 5.58. The molecule has 2 aliphatic heterocycles. The van der Waals surface area contributed by atoms with Gasteiger partial charge in [-0.1, -0.05) is 13.8 Å². The number of rotatable bonds is 3. The lowest BCUT2D eigenvalue weighted by atomic mass is 9.99. The van der Waals surface area contributed by atoms with Gasteiger partial charge in [0.05, 0.1) is 17.0 Å². The van der Waals surface area contributed by atoms with Crippen molar-refractivity contribution in [2.45, 2.75) is 43.6 Å². The number of likely N-dealkylation sites (tertiary alicyclic amines) is 1. The van der Waals surface area contributed by atoms with E-state index < -0.39 is 6.04 Å². The fourth-order valence-corrected chi connectivity index (χ4v) is 4.23. The van der Waals surface area contributed by atoms with Crippen LogP contribution in [0.5, 0.6) is 0 Å². The van der Waals surface area contributed by atoms with Crippen LogP contribution in [0.15, 0.2) is 0 Å². The molecule has 2 rings (SSSR count). The van der Waals surface area contributed by atoms with Gasteiger partial charge in [-0.25, -0.2) is 0 Å². The first-order valence-electron chi connectivity index (χ1n) is 7.10. The topological polar surface area (TPSA) is 101 Å². The molecule has 7 heteroatoms. The Morgan fingerprint density at radius 2 is 2.15 bits per heavy atom. The Morgan fingerprint density at radius 1 is 1.45 bits per heavy atom. The van der Waals surface area contributed by atoms with Crippen LogP contribution in [0, 0.1) is 5.92 Å². The number of hydrogen-bond donors (Lipinski definition) is 3. The molecule has 0 bridgehead atoms. The van der Waals surface area contributed by atoms with Gasteiger partial charge in [-0.15, -0.1) is 11.8 Å². The summed E-state index contributed by atoms with van der Waals surface area (Å²) in [5.41, 5.74) is 11.3. The quantitative estimate of drug-likeness (QED) is 0.651. The number of amides is 2. The number of carbonyl (C=O) groups excluding carboxylic acids is 2. The number of piperidine rings is 1. The van der Waals surface area contributed by atoms with E-state index in [1.165, 1.54) is 0 Å². The van der Waals surface area contributed by atoms with Crippen molar-refractivity contribution in [2.24, 2.45) is 17.4 Å². The van der Waals surface area contributed by atoms with Gasteiger partial charge in [0.25, 0.3) is 0 Å². The van der Waals surface area contributed by atoms with Crippen LogP contribution in [-0.4, -0.2) is 52.5 Å². The van der Waals surface area contributed by atoms with Crippen LogP contribution in [0.3, 0.4) is 0 Å². The smallest absolute Gasteiger partial charge is 0.239 e. The number of nitrogens with one attached hydrogen (secondary N) is 1. The number of carbonyl (C=O) groups is 2. The summed E-state index contributed by atoms with van der Waals surface area (Å²) >= 11 is 1.70. The molecule has 2 saturated heterocycles. The van der Waals surface area contributed by atoms with E-state index in [4.69, 9.17) is 11.5 Å². The summed E-state index contributed by atoms with van der Waals surface area (Å²) in [5.74, 6) is 0.483. The average molecular weight is 300 g/mol. The number of hydrogen-bond acceptors (Lipinski definition) is 5. The maximum Gasteiger partial charge on any atom is 0.239 e. The molecule has 0 aromatic rings. The van der Waals surface area contributed by atoms with Crippen molar-refractivity contribution in [3.05, 3.63) is 0 Å². The van der Waals surface area contributed by atoms with Gasteiger partial charge in [0.1, 0.15) is 0 Å². The van der Waals surface area contributed by atoms with E-state index in [9.17, 15) is 9.59 Å². The van der Waals surface area contributed by atoms with Crippen molar-refractivity contribution in [3.8, 4) is 0 Å². The molecule has 0 aromatic carbocycles. The molecular formula is C13H24N4O2S. The number of nitrogens with zero attached hydrogens (tertiary/aromatic N) is 1. The van der Waals surface area contributed by atoms with E-state index in [1.807, 2.05) is 18.7 Å². The van der Waals surface area contributed by atoms with E-state index in [-0.39, 0.29) is 28.6 Å². The summed E-state index contributed by atoms with van der Waals surface area (Å²) < 4.78 is 0. The third kappa shape index (κ3) is 3.10. The van der Waals surface area contributed by atoms with Crippen molar-refractivity contribution in [1.29, 1.82) is 0 Å². The highest BCUT2D eigenvalue weighted by Crippen LogP contribution is 2.38. The first-order valence-corrected chi connectivity index (χ1v) is 8.08. The molecule has 20 heavy (non-hydrogen) atoms. The molecule has 2 fully saturated rings. The van der Waals surface area contributed by atoms with Crippen LogP contribution in [0.4, 0.5) is 0 Å². The zero-order valence-electron chi connectivity index (χ0n) is 12.1. The molecule has 2 aliphatic rings. The summed E-state index contributed by atoms with van der Waals surface area (Å²) in [6.07, 6.45) is 1.87. The standard InChI is InChI=1S/C13H24N4O2S/c1-8(2)10(14)12(19)17-5-3-4-13(7-17)16-9(6-20-13)11(15)18/h8-10,16H,3-7,14H2,1-2H3,(H2,15,18)/t9-,10-,13?/m0/s1. The second-order valence-electron chi connectivity index (χ2n) is 6.04. The molecule has 2 amide bonds. The highest BCUT2D eigenvalue weighted by Gasteiger charge is 2.45. The predicted molar refractivity (Wildman–Crippen MR) is 79.9 cm³/mol. The van der Waals surface area contributed by atoms with Gasteiger partial charge in [-0.05, 0) is 18.8 Å². The Bertz CT molecular complexity index is 404. The molecule has 0 saturated carbocycles. The molecular weight excluding hydrogens is 276 g/mol. The zero-order chi connectivity index (χ0) is 14.9. The second-order valence-corrected chi connectivity index (χ2v) is 7.44. The van der Waals surface area contributed by atoms with Crippen LogP contribution in [0.1, 0.15) is 26.7 Å². The minimum absolute atomic E-state index is 0.00370. The van der Waals surface area contributed by atoms with Gasteiger partial charge >= 0.3 is 0 Å². The molecule has 5 N–H and O–H groups in total. The van der Waals surface area contributed by atoms with Gasteiger partial charge in [0, 0.05) is 18.8 Å². The monoisotopic (exact) mass is 300 g/mol. The Hall–Kier alpha value is -0.790. The van der Waals surface area contributed by atoms with Crippen LogP contribution >= 0.6 is 11.8 Å². The van der Waals surface area contributed by atoms with Gasteiger partial charge in [-0.3, -0.25) is 14.9 Å². The fraction of sp³-hybridized carbons (Fsp3) is 0.846.